The first-order valence-electron chi connectivity index (χ1n) is 12.3. The van der Waals surface area contributed by atoms with Crippen LogP contribution in [-0.4, -0.2) is 68.6 Å². The zero-order valence-electron chi connectivity index (χ0n) is 20.0. The number of aromatic nitrogens is 1. The van der Waals surface area contributed by atoms with Crippen LogP contribution in [0.2, 0.25) is 0 Å². The highest BCUT2D eigenvalue weighted by atomic mass is 19.1. The summed E-state index contributed by atoms with van der Waals surface area (Å²) in [5, 5.41) is 13.0. The molecular weight excluding hydrogens is 449 g/mol. The van der Waals surface area contributed by atoms with Crippen molar-refractivity contribution in [1.29, 1.82) is 0 Å². The number of carbonyl (C=O) groups is 2. The number of likely N-dealkylation sites (tertiary alicyclic amines) is 2. The van der Waals surface area contributed by atoms with Crippen molar-refractivity contribution in [2.45, 2.75) is 57.2 Å². The third kappa shape index (κ3) is 5.24. The Kier molecular flexibility index (Phi) is 6.35. The Morgan fingerprint density at radius 3 is 2.37 bits per heavy atom. The van der Waals surface area contributed by atoms with Crippen molar-refractivity contribution in [3.63, 3.8) is 0 Å². The van der Waals surface area contributed by atoms with E-state index in [1.807, 2.05) is 41.0 Å². The van der Waals surface area contributed by atoms with Crippen molar-refractivity contribution in [1.82, 2.24) is 19.7 Å². The number of urea groups is 2. The van der Waals surface area contributed by atoms with Crippen LogP contribution in [-0.2, 0) is 13.1 Å². The van der Waals surface area contributed by atoms with E-state index in [0.717, 1.165) is 37.2 Å². The van der Waals surface area contributed by atoms with E-state index in [1.54, 1.807) is 4.90 Å². The number of benzene rings is 1. The second-order valence-corrected chi connectivity index (χ2v) is 10.2. The summed E-state index contributed by atoms with van der Waals surface area (Å²) in [5.41, 5.74) is 2.73. The van der Waals surface area contributed by atoms with E-state index < -0.39 is 11.4 Å². The molecular formula is C26H32FN5O3. The van der Waals surface area contributed by atoms with Crippen LogP contribution in [0.25, 0.3) is 0 Å². The third-order valence-corrected chi connectivity index (χ3v) is 7.53. The van der Waals surface area contributed by atoms with Gasteiger partial charge in [-0.1, -0.05) is 12.1 Å². The highest BCUT2D eigenvalue weighted by Gasteiger charge is 2.33. The maximum Gasteiger partial charge on any atom is 0.322 e. The monoisotopic (exact) mass is 481 g/mol. The van der Waals surface area contributed by atoms with Gasteiger partial charge in [-0.25, -0.2) is 14.0 Å². The number of rotatable bonds is 2. The number of amides is 4. The van der Waals surface area contributed by atoms with Crippen molar-refractivity contribution in [2.75, 3.05) is 31.5 Å². The van der Waals surface area contributed by atoms with E-state index in [9.17, 15) is 19.1 Å². The molecule has 8 nitrogen and oxygen atoms in total. The maximum atomic E-state index is 13.4. The normalized spacial score (nSPS) is 20.0. The minimum absolute atomic E-state index is 0.0824. The number of halogens is 1. The standard InChI is InChI=1S/C26H32FN5O3/c1-26(35)8-12-31(13-9-26)25(34)30-10-6-19(7-11-30)18-2-4-22(5-3-18)29-24(33)32-16-20-14-21(27)15-28-23(20)17-32/h2-5,14-15,19,35H,6-13,16-17H2,1H3,(H,29,33). The topological polar surface area (TPSA) is 89.0 Å². The fraction of sp³-hybridized carbons (Fsp3) is 0.500. The van der Waals surface area contributed by atoms with Crippen molar-refractivity contribution in [3.8, 4) is 0 Å². The molecule has 2 fully saturated rings. The van der Waals surface area contributed by atoms with Crippen LogP contribution >= 0.6 is 0 Å². The van der Waals surface area contributed by atoms with Gasteiger partial charge in [0.25, 0.3) is 0 Å². The van der Waals surface area contributed by atoms with E-state index >= 15 is 0 Å². The summed E-state index contributed by atoms with van der Waals surface area (Å²) in [6.07, 6.45) is 4.23. The molecule has 0 aliphatic carbocycles. The van der Waals surface area contributed by atoms with Gasteiger partial charge in [0.15, 0.2) is 0 Å². The van der Waals surface area contributed by atoms with Gasteiger partial charge in [-0.15, -0.1) is 0 Å². The number of hydrogen-bond acceptors (Lipinski definition) is 4. The van der Waals surface area contributed by atoms with Crippen molar-refractivity contribution in [3.05, 3.63) is 59.2 Å². The molecule has 4 amide bonds. The molecule has 0 radical (unpaired) electrons. The van der Waals surface area contributed by atoms with Gasteiger partial charge in [-0.3, -0.25) is 4.98 Å². The Labute approximate surface area is 204 Å². The summed E-state index contributed by atoms with van der Waals surface area (Å²) in [4.78, 5) is 35.0. The summed E-state index contributed by atoms with van der Waals surface area (Å²) < 4.78 is 13.4. The van der Waals surface area contributed by atoms with Gasteiger partial charge in [0.2, 0.25) is 0 Å². The number of aliphatic hydroxyl groups is 1. The smallest absolute Gasteiger partial charge is 0.322 e. The van der Waals surface area contributed by atoms with Crippen molar-refractivity contribution < 1.29 is 19.1 Å². The van der Waals surface area contributed by atoms with Gasteiger partial charge in [-0.05, 0) is 67.9 Å². The van der Waals surface area contributed by atoms with Crippen LogP contribution in [0.5, 0.6) is 0 Å². The largest absolute Gasteiger partial charge is 0.390 e. The molecule has 2 N–H and O–H groups in total. The number of nitrogens with one attached hydrogen (secondary N) is 1. The average molecular weight is 482 g/mol. The van der Waals surface area contributed by atoms with Gasteiger partial charge < -0.3 is 25.1 Å². The Hall–Kier alpha value is -3.20. The molecule has 0 bridgehead atoms. The average Bonchev–Trinajstić information content (AvgIpc) is 3.28. The molecule has 35 heavy (non-hydrogen) atoms. The molecule has 3 aliphatic heterocycles. The lowest BCUT2D eigenvalue weighted by atomic mass is 9.89. The van der Waals surface area contributed by atoms with Crippen LogP contribution in [0.3, 0.4) is 0 Å². The number of fused-ring (bicyclic) bond motifs is 1. The molecule has 1 aromatic heterocycles. The predicted molar refractivity (Wildman–Crippen MR) is 129 cm³/mol. The van der Waals surface area contributed by atoms with E-state index in [-0.39, 0.29) is 12.1 Å². The van der Waals surface area contributed by atoms with Crippen LogP contribution in [0.4, 0.5) is 19.7 Å². The summed E-state index contributed by atoms with van der Waals surface area (Å²) in [6, 6.07) is 9.18. The molecule has 9 heteroatoms. The quantitative estimate of drug-likeness (QED) is 0.681. The highest BCUT2D eigenvalue weighted by Crippen LogP contribution is 2.30. The number of piperidine rings is 2. The minimum Gasteiger partial charge on any atom is -0.390 e. The minimum atomic E-state index is -0.661. The zero-order valence-corrected chi connectivity index (χ0v) is 20.0. The molecule has 2 saturated heterocycles. The fourth-order valence-corrected chi connectivity index (χ4v) is 5.20. The molecule has 0 atom stereocenters. The van der Waals surface area contributed by atoms with Gasteiger partial charge in [0, 0.05) is 38.4 Å². The second-order valence-electron chi connectivity index (χ2n) is 10.2. The molecule has 3 aliphatic rings. The summed E-state index contributed by atoms with van der Waals surface area (Å²) in [7, 11) is 0. The molecule has 4 heterocycles. The highest BCUT2D eigenvalue weighted by molar-refractivity contribution is 5.89. The van der Waals surface area contributed by atoms with E-state index in [2.05, 4.69) is 10.3 Å². The molecule has 1 aromatic carbocycles. The Morgan fingerprint density at radius 1 is 1.03 bits per heavy atom. The Morgan fingerprint density at radius 2 is 1.69 bits per heavy atom. The predicted octanol–water partition coefficient (Wildman–Crippen LogP) is 3.91. The van der Waals surface area contributed by atoms with Crippen LogP contribution in [0.15, 0.2) is 36.5 Å². The van der Waals surface area contributed by atoms with E-state index in [4.69, 9.17) is 0 Å². The molecule has 5 rings (SSSR count). The summed E-state index contributed by atoms with van der Waals surface area (Å²) in [6.45, 7) is 5.21. The zero-order chi connectivity index (χ0) is 24.6. The molecule has 0 saturated carbocycles. The van der Waals surface area contributed by atoms with Gasteiger partial charge in [0.05, 0.1) is 24.0 Å². The van der Waals surface area contributed by atoms with Crippen molar-refractivity contribution >= 4 is 17.7 Å². The molecule has 2 aromatic rings. The van der Waals surface area contributed by atoms with Gasteiger partial charge >= 0.3 is 12.1 Å². The van der Waals surface area contributed by atoms with Crippen LogP contribution in [0, 0.1) is 5.82 Å². The van der Waals surface area contributed by atoms with E-state index in [1.165, 1.54) is 17.8 Å². The lowest BCUT2D eigenvalue weighted by Gasteiger charge is -2.40. The summed E-state index contributed by atoms with van der Waals surface area (Å²) >= 11 is 0. The number of carbonyl (C=O) groups excluding carboxylic acids is 2. The van der Waals surface area contributed by atoms with Crippen LogP contribution in [0.1, 0.15) is 55.3 Å². The summed E-state index contributed by atoms with van der Waals surface area (Å²) in [5.74, 6) is -0.0162. The maximum absolute atomic E-state index is 13.4. The fourth-order valence-electron chi connectivity index (χ4n) is 5.20. The number of anilines is 1. The lowest BCUT2D eigenvalue weighted by Crippen LogP contribution is -2.51. The molecule has 0 unspecified atom stereocenters. The Bertz CT molecular complexity index is 1090. The first-order valence-corrected chi connectivity index (χ1v) is 12.3. The van der Waals surface area contributed by atoms with E-state index in [0.29, 0.717) is 50.6 Å². The molecule has 186 valence electrons. The SMILES string of the molecule is CC1(O)CCN(C(=O)N2CCC(c3ccc(NC(=O)N4Cc5cc(F)cnc5C4)cc3)CC2)CC1. The van der Waals surface area contributed by atoms with Crippen LogP contribution < -0.4 is 5.32 Å². The first-order chi connectivity index (χ1) is 16.8. The number of hydrogen-bond donors (Lipinski definition) is 2. The Balaban J connectivity index is 1.11. The lowest BCUT2D eigenvalue weighted by molar-refractivity contribution is -0.0000838. The van der Waals surface area contributed by atoms with Gasteiger partial charge in [-0.2, -0.15) is 0 Å². The van der Waals surface area contributed by atoms with Crippen molar-refractivity contribution in [2.24, 2.45) is 0 Å². The third-order valence-electron chi connectivity index (χ3n) is 7.53. The molecule has 0 spiro atoms. The van der Waals surface area contributed by atoms with Gasteiger partial charge in [0.1, 0.15) is 5.82 Å². The number of nitrogens with zero attached hydrogens (tertiary/aromatic N) is 4. The first kappa shape index (κ1) is 23.5. The number of pyridine rings is 1. The second kappa shape index (κ2) is 9.45.